The van der Waals surface area contributed by atoms with E-state index in [2.05, 4.69) is 0 Å². The van der Waals surface area contributed by atoms with Crippen LogP contribution in [0, 0.1) is 0 Å². The van der Waals surface area contributed by atoms with Gasteiger partial charge in [-0.25, -0.2) is 4.79 Å². The van der Waals surface area contributed by atoms with Crippen molar-refractivity contribution in [3.8, 4) is 11.5 Å². The molecule has 0 heterocycles. The van der Waals surface area contributed by atoms with Crippen LogP contribution in [-0.4, -0.2) is 30.8 Å². The lowest BCUT2D eigenvalue weighted by atomic mass is 9.94. The molecule has 5 nitrogen and oxygen atoms in total. The third kappa shape index (κ3) is 3.37. The van der Waals surface area contributed by atoms with Gasteiger partial charge < -0.3 is 20.3 Å². The van der Waals surface area contributed by atoms with E-state index in [0.717, 1.165) is 5.56 Å². The predicted molar refractivity (Wildman–Crippen MR) is 68.5 cm³/mol. The number of ether oxygens (including phenoxy) is 2. The summed E-state index contributed by atoms with van der Waals surface area (Å²) >= 11 is 0. The van der Waals surface area contributed by atoms with Crippen LogP contribution in [-0.2, 0) is 6.42 Å². The quantitative estimate of drug-likeness (QED) is 0.834. The van der Waals surface area contributed by atoms with Crippen LogP contribution in [0.5, 0.6) is 11.5 Å². The second-order valence-corrected chi connectivity index (χ2v) is 4.85. The Kier molecular flexibility index (Phi) is 4.19. The lowest BCUT2D eigenvalue weighted by molar-refractivity contribution is 0.0692. The average Bonchev–Trinajstić information content (AvgIpc) is 2.25. The Hall–Kier alpha value is -1.75. The Morgan fingerprint density at radius 2 is 1.94 bits per heavy atom. The average molecular weight is 253 g/mol. The van der Waals surface area contributed by atoms with Crippen molar-refractivity contribution in [2.75, 3.05) is 14.2 Å². The molecule has 0 saturated carbocycles. The third-order valence-electron chi connectivity index (χ3n) is 2.43. The lowest BCUT2D eigenvalue weighted by Gasteiger charge is -2.20. The summed E-state index contributed by atoms with van der Waals surface area (Å²) in [5, 5.41) is 9.17. The largest absolute Gasteiger partial charge is 0.493 e. The first-order valence-electron chi connectivity index (χ1n) is 5.55. The fourth-order valence-electron chi connectivity index (χ4n) is 1.81. The number of methoxy groups -OCH3 is 2. The summed E-state index contributed by atoms with van der Waals surface area (Å²) in [5.74, 6) is -0.429. The summed E-state index contributed by atoms with van der Waals surface area (Å²) in [4.78, 5) is 11.2. The van der Waals surface area contributed by atoms with Crippen molar-refractivity contribution in [3.63, 3.8) is 0 Å². The number of hydrogen-bond acceptors (Lipinski definition) is 4. The first-order valence-corrected chi connectivity index (χ1v) is 5.55. The summed E-state index contributed by atoms with van der Waals surface area (Å²) in [6.07, 6.45) is 0.549. The summed E-state index contributed by atoms with van der Waals surface area (Å²) in [5.41, 5.74) is 6.40. The molecule has 1 aromatic rings. The Labute approximate surface area is 107 Å². The maximum absolute atomic E-state index is 11.2. The molecule has 0 aliphatic rings. The van der Waals surface area contributed by atoms with Gasteiger partial charge in [-0.15, -0.1) is 0 Å². The fraction of sp³-hybridized carbons (Fsp3) is 0.462. The fourth-order valence-corrected chi connectivity index (χ4v) is 1.81. The first kappa shape index (κ1) is 14.3. The maximum atomic E-state index is 11.2. The number of aromatic carboxylic acids is 1. The molecular formula is C13H19NO4. The molecule has 0 spiro atoms. The molecule has 0 saturated heterocycles. The standard InChI is InChI=1S/C13H19NO4/c1-13(2,14)7-8-5-9(12(15)16)11(18-4)10(6-8)17-3/h5-6H,7,14H2,1-4H3,(H,15,16). The van der Waals surface area contributed by atoms with Crippen LogP contribution in [0.2, 0.25) is 0 Å². The van der Waals surface area contributed by atoms with E-state index in [9.17, 15) is 9.90 Å². The highest BCUT2D eigenvalue weighted by Gasteiger charge is 2.20. The Morgan fingerprint density at radius 1 is 1.33 bits per heavy atom. The smallest absolute Gasteiger partial charge is 0.339 e. The third-order valence-corrected chi connectivity index (χ3v) is 2.43. The topological polar surface area (TPSA) is 81.8 Å². The van der Waals surface area contributed by atoms with E-state index in [4.69, 9.17) is 15.2 Å². The summed E-state index contributed by atoms with van der Waals surface area (Å²) in [6.45, 7) is 3.76. The minimum absolute atomic E-state index is 0.0797. The summed E-state index contributed by atoms with van der Waals surface area (Å²) in [6, 6.07) is 3.32. The number of carbonyl (C=O) groups is 1. The van der Waals surface area contributed by atoms with Gasteiger partial charge in [0, 0.05) is 5.54 Å². The van der Waals surface area contributed by atoms with Gasteiger partial charge in [0.1, 0.15) is 5.56 Å². The van der Waals surface area contributed by atoms with E-state index in [0.29, 0.717) is 12.2 Å². The van der Waals surface area contributed by atoms with Crippen molar-refractivity contribution < 1.29 is 19.4 Å². The predicted octanol–water partition coefficient (Wildman–Crippen LogP) is 1.68. The van der Waals surface area contributed by atoms with Gasteiger partial charge in [-0.3, -0.25) is 0 Å². The van der Waals surface area contributed by atoms with E-state index < -0.39 is 11.5 Å². The molecule has 5 heteroatoms. The highest BCUT2D eigenvalue weighted by molar-refractivity contribution is 5.92. The number of carboxylic acids is 1. The van der Waals surface area contributed by atoms with Crippen molar-refractivity contribution in [1.29, 1.82) is 0 Å². The highest BCUT2D eigenvalue weighted by atomic mass is 16.5. The van der Waals surface area contributed by atoms with Crippen LogP contribution in [0.25, 0.3) is 0 Å². The molecule has 100 valence electrons. The zero-order valence-corrected chi connectivity index (χ0v) is 11.1. The highest BCUT2D eigenvalue weighted by Crippen LogP contribution is 2.33. The molecule has 0 amide bonds. The number of carboxylic acid groups (broad SMARTS) is 1. The lowest BCUT2D eigenvalue weighted by Crippen LogP contribution is -2.34. The molecule has 0 aliphatic carbocycles. The monoisotopic (exact) mass is 253 g/mol. The van der Waals surface area contributed by atoms with Gasteiger partial charge in [0.05, 0.1) is 14.2 Å². The van der Waals surface area contributed by atoms with E-state index in [1.165, 1.54) is 14.2 Å². The van der Waals surface area contributed by atoms with Crippen LogP contribution in [0.15, 0.2) is 12.1 Å². The van der Waals surface area contributed by atoms with Gasteiger partial charge in [-0.05, 0) is 38.0 Å². The van der Waals surface area contributed by atoms with Crippen molar-refractivity contribution in [1.82, 2.24) is 0 Å². The molecule has 0 radical (unpaired) electrons. The minimum atomic E-state index is -1.05. The van der Waals surface area contributed by atoms with E-state index in [-0.39, 0.29) is 11.3 Å². The Morgan fingerprint density at radius 3 is 2.33 bits per heavy atom. The zero-order valence-electron chi connectivity index (χ0n) is 11.1. The van der Waals surface area contributed by atoms with Crippen LogP contribution >= 0.6 is 0 Å². The minimum Gasteiger partial charge on any atom is -0.493 e. The van der Waals surface area contributed by atoms with Gasteiger partial charge in [0.2, 0.25) is 0 Å². The van der Waals surface area contributed by atoms with Crippen molar-refractivity contribution in [2.24, 2.45) is 5.73 Å². The molecule has 18 heavy (non-hydrogen) atoms. The van der Waals surface area contributed by atoms with E-state index in [1.807, 2.05) is 13.8 Å². The molecule has 0 aromatic heterocycles. The Balaban J connectivity index is 3.32. The molecule has 0 atom stereocenters. The van der Waals surface area contributed by atoms with Gasteiger partial charge in [-0.1, -0.05) is 0 Å². The molecule has 0 fully saturated rings. The number of benzene rings is 1. The molecular weight excluding hydrogens is 234 g/mol. The normalized spacial score (nSPS) is 11.2. The van der Waals surface area contributed by atoms with E-state index in [1.54, 1.807) is 12.1 Å². The van der Waals surface area contributed by atoms with Gasteiger partial charge in [0.15, 0.2) is 11.5 Å². The molecule has 0 aliphatic heterocycles. The van der Waals surface area contributed by atoms with Crippen molar-refractivity contribution in [3.05, 3.63) is 23.3 Å². The second-order valence-electron chi connectivity index (χ2n) is 4.85. The van der Waals surface area contributed by atoms with Crippen LogP contribution < -0.4 is 15.2 Å². The maximum Gasteiger partial charge on any atom is 0.339 e. The number of nitrogens with two attached hydrogens (primary N) is 1. The van der Waals surface area contributed by atoms with Crippen molar-refractivity contribution >= 4 is 5.97 Å². The SMILES string of the molecule is COc1cc(CC(C)(C)N)cc(C(=O)O)c1OC. The number of hydrogen-bond donors (Lipinski definition) is 2. The number of rotatable bonds is 5. The molecule has 3 N–H and O–H groups in total. The molecule has 0 unspecified atom stereocenters. The second kappa shape index (κ2) is 5.27. The molecule has 1 aromatic carbocycles. The van der Waals surface area contributed by atoms with Crippen molar-refractivity contribution in [2.45, 2.75) is 25.8 Å². The van der Waals surface area contributed by atoms with Gasteiger partial charge in [-0.2, -0.15) is 0 Å². The zero-order chi connectivity index (χ0) is 13.9. The first-order chi connectivity index (χ1) is 8.28. The molecule has 1 rings (SSSR count). The van der Waals surface area contributed by atoms with Crippen LogP contribution in [0.4, 0.5) is 0 Å². The summed E-state index contributed by atoms with van der Waals surface area (Å²) < 4.78 is 10.2. The molecule has 0 bridgehead atoms. The van der Waals surface area contributed by atoms with Gasteiger partial charge in [0.25, 0.3) is 0 Å². The van der Waals surface area contributed by atoms with Crippen LogP contribution in [0.3, 0.4) is 0 Å². The van der Waals surface area contributed by atoms with Gasteiger partial charge >= 0.3 is 5.97 Å². The Bertz CT molecular complexity index is 449. The van der Waals surface area contributed by atoms with E-state index >= 15 is 0 Å². The van der Waals surface area contributed by atoms with Crippen LogP contribution in [0.1, 0.15) is 29.8 Å². The summed E-state index contributed by atoms with van der Waals surface area (Å²) in [7, 11) is 2.89.